The van der Waals surface area contributed by atoms with Gasteiger partial charge < -0.3 is 14.8 Å². The van der Waals surface area contributed by atoms with Gasteiger partial charge in [0.25, 0.3) is 0 Å². The van der Waals surface area contributed by atoms with Gasteiger partial charge in [-0.25, -0.2) is 4.79 Å². The second-order valence-electron chi connectivity index (χ2n) is 5.67. The molecule has 0 atom stereocenters. The number of carbonyl (C=O) groups excluding carboxylic acids is 2. The summed E-state index contributed by atoms with van der Waals surface area (Å²) >= 11 is 0. The summed E-state index contributed by atoms with van der Waals surface area (Å²) in [6.45, 7) is 6.61. The number of benzene rings is 1. The predicted octanol–water partition coefficient (Wildman–Crippen LogP) is 3.18. The van der Waals surface area contributed by atoms with Crippen molar-refractivity contribution in [3.05, 3.63) is 29.8 Å². The first kappa shape index (κ1) is 17.0. The number of carbonyl (C=O) groups is 2. The van der Waals surface area contributed by atoms with E-state index in [2.05, 4.69) is 5.32 Å². The van der Waals surface area contributed by atoms with Crippen molar-refractivity contribution in [3.8, 4) is 5.75 Å². The van der Waals surface area contributed by atoms with Crippen LogP contribution in [0.2, 0.25) is 0 Å². The number of alkyl carbamates (subject to hydrolysis) is 1. The molecule has 0 aromatic heterocycles. The van der Waals surface area contributed by atoms with Crippen LogP contribution < -0.4 is 10.1 Å². The van der Waals surface area contributed by atoms with Crippen LogP contribution in [0.3, 0.4) is 0 Å². The van der Waals surface area contributed by atoms with Gasteiger partial charge in [0.2, 0.25) is 0 Å². The van der Waals surface area contributed by atoms with E-state index < -0.39 is 11.7 Å². The van der Waals surface area contributed by atoms with Crippen molar-refractivity contribution in [2.24, 2.45) is 0 Å². The quantitative estimate of drug-likeness (QED) is 0.619. The van der Waals surface area contributed by atoms with Crippen LogP contribution in [0.4, 0.5) is 4.79 Å². The topological polar surface area (TPSA) is 64.6 Å². The molecule has 116 valence electrons. The van der Waals surface area contributed by atoms with Gasteiger partial charge in [0.15, 0.2) is 0 Å². The molecule has 0 aliphatic heterocycles. The Bertz CT molecular complexity index is 448. The Morgan fingerprint density at radius 2 is 1.86 bits per heavy atom. The van der Waals surface area contributed by atoms with Crippen LogP contribution >= 0.6 is 0 Å². The van der Waals surface area contributed by atoms with Crippen LogP contribution in [0.15, 0.2) is 24.3 Å². The number of hydrogen-bond donors (Lipinski definition) is 1. The summed E-state index contributed by atoms with van der Waals surface area (Å²) in [5, 5.41) is 2.70. The monoisotopic (exact) mass is 293 g/mol. The molecule has 0 aliphatic carbocycles. The molecule has 1 aromatic rings. The summed E-state index contributed by atoms with van der Waals surface area (Å²) in [7, 11) is 0. The first-order chi connectivity index (χ1) is 9.90. The first-order valence-electron chi connectivity index (χ1n) is 7.05. The largest absolute Gasteiger partial charge is 0.494 e. The Labute approximate surface area is 125 Å². The summed E-state index contributed by atoms with van der Waals surface area (Å²) < 4.78 is 10.7. The molecular formula is C16H23NO4. The molecule has 0 radical (unpaired) electrons. The van der Waals surface area contributed by atoms with Gasteiger partial charge in [-0.3, -0.25) is 4.79 Å². The zero-order valence-corrected chi connectivity index (χ0v) is 12.8. The molecule has 1 amide bonds. The minimum Gasteiger partial charge on any atom is -0.494 e. The van der Waals surface area contributed by atoms with Gasteiger partial charge in [0, 0.05) is 12.1 Å². The normalized spacial score (nSPS) is 10.8. The Kier molecular flexibility index (Phi) is 6.72. The highest BCUT2D eigenvalue weighted by atomic mass is 16.6. The predicted molar refractivity (Wildman–Crippen MR) is 80.8 cm³/mol. The van der Waals surface area contributed by atoms with E-state index in [9.17, 15) is 9.59 Å². The van der Waals surface area contributed by atoms with E-state index in [1.807, 2.05) is 20.8 Å². The minimum absolute atomic E-state index is 0.395. The van der Waals surface area contributed by atoms with E-state index >= 15 is 0 Å². The molecular weight excluding hydrogens is 270 g/mol. The second kappa shape index (κ2) is 8.29. The molecule has 0 saturated carbocycles. The summed E-state index contributed by atoms with van der Waals surface area (Å²) in [6.07, 6.45) is 2.04. The SMILES string of the molecule is CC(C)(C)OC(=O)NCCCCOc1ccc(C=O)cc1. The number of amides is 1. The Morgan fingerprint density at radius 3 is 2.43 bits per heavy atom. The fraction of sp³-hybridized carbons (Fsp3) is 0.500. The number of hydrogen-bond acceptors (Lipinski definition) is 4. The number of rotatable bonds is 7. The van der Waals surface area contributed by atoms with Gasteiger partial charge in [-0.05, 0) is 57.9 Å². The van der Waals surface area contributed by atoms with Crippen molar-refractivity contribution in [1.29, 1.82) is 0 Å². The smallest absolute Gasteiger partial charge is 0.407 e. The fourth-order valence-corrected chi connectivity index (χ4v) is 1.56. The van der Waals surface area contributed by atoms with Gasteiger partial charge >= 0.3 is 6.09 Å². The van der Waals surface area contributed by atoms with Crippen molar-refractivity contribution >= 4 is 12.4 Å². The lowest BCUT2D eigenvalue weighted by molar-refractivity contribution is 0.0526. The van der Waals surface area contributed by atoms with Crippen molar-refractivity contribution < 1.29 is 19.1 Å². The van der Waals surface area contributed by atoms with Crippen molar-refractivity contribution in [2.75, 3.05) is 13.2 Å². The maximum atomic E-state index is 11.4. The molecule has 5 nitrogen and oxygen atoms in total. The lowest BCUT2D eigenvalue weighted by Crippen LogP contribution is -2.33. The highest BCUT2D eigenvalue weighted by molar-refractivity contribution is 5.74. The van der Waals surface area contributed by atoms with Gasteiger partial charge in [0.05, 0.1) is 6.61 Å². The molecule has 1 rings (SSSR count). The van der Waals surface area contributed by atoms with Gasteiger partial charge in [0.1, 0.15) is 17.6 Å². The molecule has 0 aliphatic rings. The molecule has 0 unspecified atom stereocenters. The van der Waals surface area contributed by atoms with Crippen LogP contribution in [-0.4, -0.2) is 31.1 Å². The van der Waals surface area contributed by atoms with Crippen LogP contribution in [-0.2, 0) is 4.74 Å². The highest BCUT2D eigenvalue weighted by Gasteiger charge is 2.15. The number of aldehydes is 1. The Hall–Kier alpha value is -2.04. The van der Waals surface area contributed by atoms with E-state index in [0.717, 1.165) is 24.9 Å². The Morgan fingerprint density at radius 1 is 1.19 bits per heavy atom. The summed E-state index contributed by atoms with van der Waals surface area (Å²) in [5.41, 5.74) is 0.157. The lowest BCUT2D eigenvalue weighted by Gasteiger charge is -2.19. The lowest BCUT2D eigenvalue weighted by atomic mass is 10.2. The van der Waals surface area contributed by atoms with Crippen molar-refractivity contribution in [3.63, 3.8) is 0 Å². The zero-order chi connectivity index (χ0) is 15.7. The van der Waals surface area contributed by atoms with E-state index in [-0.39, 0.29) is 0 Å². The number of unbranched alkanes of at least 4 members (excludes halogenated alkanes) is 1. The van der Waals surface area contributed by atoms with Crippen LogP contribution in [0.5, 0.6) is 5.75 Å². The molecule has 0 fully saturated rings. The van der Waals surface area contributed by atoms with E-state index in [0.29, 0.717) is 18.7 Å². The van der Waals surface area contributed by atoms with Gasteiger partial charge in [-0.1, -0.05) is 0 Å². The van der Waals surface area contributed by atoms with Gasteiger partial charge in [-0.2, -0.15) is 0 Å². The first-order valence-corrected chi connectivity index (χ1v) is 7.05. The van der Waals surface area contributed by atoms with Gasteiger partial charge in [-0.15, -0.1) is 0 Å². The maximum Gasteiger partial charge on any atom is 0.407 e. The maximum absolute atomic E-state index is 11.4. The molecule has 0 saturated heterocycles. The summed E-state index contributed by atoms with van der Waals surface area (Å²) in [5.74, 6) is 0.737. The minimum atomic E-state index is -0.471. The number of nitrogens with one attached hydrogen (secondary N) is 1. The third-order valence-electron chi connectivity index (χ3n) is 2.52. The van der Waals surface area contributed by atoms with Crippen molar-refractivity contribution in [1.82, 2.24) is 5.32 Å². The standard InChI is InChI=1S/C16H23NO4/c1-16(2,3)21-15(19)17-10-4-5-11-20-14-8-6-13(12-18)7-9-14/h6-9,12H,4-5,10-11H2,1-3H3,(H,17,19). The zero-order valence-electron chi connectivity index (χ0n) is 12.8. The molecule has 1 aromatic carbocycles. The second-order valence-corrected chi connectivity index (χ2v) is 5.67. The Balaban J connectivity index is 2.09. The molecule has 1 N–H and O–H groups in total. The molecule has 0 spiro atoms. The van der Waals surface area contributed by atoms with Crippen LogP contribution in [0.1, 0.15) is 44.0 Å². The molecule has 21 heavy (non-hydrogen) atoms. The fourth-order valence-electron chi connectivity index (χ4n) is 1.56. The summed E-state index contributed by atoms with van der Waals surface area (Å²) in [6, 6.07) is 6.96. The highest BCUT2D eigenvalue weighted by Crippen LogP contribution is 2.11. The molecule has 0 bridgehead atoms. The molecule has 5 heteroatoms. The van der Waals surface area contributed by atoms with Crippen LogP contribution in [0.25, 0.3) is 0 Å². The average Bonchev–Trinajstić information content (AvgIpc) is 2.41. The van der Waals surface area contributed by atoms with Crippen LogP contribution in [0, 0.1) is 0 Å². The third kappa shape index (κ3) is 7.97. The average molecular weight is 293 g/mol. The van der Waals surface area contributed by atoms with E-state index in [1.54, 1.807) is 24.3 Å². The van der Waals surface area contributed by atoms with Crippen molar-refractivity contribution in [2.45, 2.75) is 39.2 Å². The molecule has 0 heterocycles. The van der Waals surface area contributed by atoms with E-state index in [4.69, 9.17) is 9.47 Å². The number of ether oxygens (including phenoxy) is 2. The van der Waals surface area contributed by atoms with E-state index in [1.165, 1.54) is 0 Å². The third-order valence-corrected chi connectivity index (χ3v) is 2.52. The summed E-state index contributed by atoms with van der Waals surface area (Å²) in [4.78, 5) is 21.9.